The molecule has 2 aromatic heterocycles. The van der Waals surface area contributed by atoms with Gasteiger partial charge in [-0.05, 0) is 30.0 Å². The van der Waals surface area contributed by atoms with Gasteiger partial charge in [-0.3, -0.25) is 14.8 Å². The molecule has 3 rings (SSSR count). The first kappa shape index (κ1) is 17.1. The van der Waals surface area contributed by atoms with Gasteiger partial charge in [0.05, 0.1) is 6.04 Å². The van der Waals surface area contributed by atoms with Crippen LogP contribution < -0.4 is 11.2 Å². The lowest BCUT2D eigenvalue weighted by molar-refractivity contribution is 0.398. The van der Waals surface area contributed by atoms with E-state index in [1.165, 1.54) is 10.7 Å². The standard InChI is InChI=1S/C17H18F2N4O2/c1-8(2)14(10-5-4-9(3)11(19)6-10)23-15-13(12(7-18)22-23)16(24)21-17(25)20-15/h4-6,8,14H,7H2,1-3H3,(H2,20,21,24,25). The highest BCUT2D eigenvalue weighted by atomic mass is 19.1. The van der Waals surface area contributed by atoms with E-state index in [2.05, 4.69) is 15.1 Å². The van der Waals surface area contributed by atoms with Crippen LogP contribution in [0.25, 0.3) is 11.0 Å². The summed E-state index contributed by atoms with van der Waals surface area (Å²) in [5, 5.41) is 4.19. The molecule has 0 aliphatic carbocycles. The molecule has 6 nitrogen and oxygen atoms in total. The van der Waals surface area contributed by atoms with Gasteiger partial charge in [-0.15, -0.1) is 0 Å². The highest BCUT2D eigenvalue weighted by Crippen LogP contribution is 2.30. The van der Waals surface area contributed by atoms with Crippen molar-refractivity contribution in [3.63, 3.8) is 0 Å². The minimum atomic E-state index is -0.953. The summed E-state index contributed by atoms with van der Waals surface area (Å²) in [4.78, 5) is 28.3. The number of nitrogens with zero attached hydrogens (tertiary/aromatic N) is 2. The van der Waals surface area contributed by atoms with Crippen LogP contribution in [0.3, 0.4) is 0 Å². The van der Waals surface area contributed by atoms with Crippen molar-refractivity contribution in [2.75, 3.05) is 0 Å². The molecule has 0 radical (unpaired) electrons. The lowest BCUT2D eigenvalue weighted by Gasteiger charge is -2.23. The molecule has 0 aliphatic heterocycles. The van der Waals surface area contributed by atoms with Gasteiger partial charge in [0.1, 0.15) is 29.2 Å². The van der Waals surface area contributed by atoms with Crippen molar-refractivity contribution in [2.45, 2.75) is 33.5 Å². The number of rotatable bonds is 4. The third kappa shape index (κ3) is 2.88. The number of aromatic nitrogens is 4. The number of benzene rings is 1. The minimum Gasteiger partial charge on any atom is -0.291 e. The van der Waals surface area contributed by atoms with Crippen LogP contribution in [0.2, 0.25) is 0 Å². The van der Waals surface area contributed by atoms with Crippen LogP contribution in [0.5, 0.6) is 0 Å². The Bertz CT molecular complexity index is 1050. The topological polar surface area (TPSA) is 83.5 Å². The fraction of sp³-hybridized carbons (Fsp3) is 0.353. The van der Waals surface area contributed by atoms with E-state index >= 15 is 0 Å². The van der Waals surface area contributed by atoms with Crippen LogP contribution in [0.4, 0.5) is 8.78 Å². The molecule has 0 amide bonds. The van der Waals surface area contributed by atoms with Crippen LogP contribution >= 0.6 is 0 Å². The van der Waals surface area contributed by atoms with Gasteiger partial charge in [0.25, 0.3) is 5.56 Å². The van der Waals surface area contributed by atoms with Crippen LogP contribution in [-0.4, -0.2) is 19.7 Å². The third-order valence-electron chi connectivity index (χ3n) is 4.23. The second kappa shape index (κ2) is 6.27. The Morgan fingerprint density at radius 3 is 2.56 bits per heavy atom. The molecule has 2 N–H and O–H groups in total. The van der Waals surface area contributed by atoms with Crippen molar-refractivity contribution in [2.24, 2.45) is 5.92 Å². The number of hydrogen-bond acceptors (Lipinski definition) is 3. The molecule has 3 aromatic rings. The number of nitrogens with one attached hydrogen (secondary N) is 2. The van der Waals surface area contributed by atoms with Crippen LogP contribution in [0.1, 0.15) is 36.7 Å². The van der Waals surface area contributed by atoms with Crippen LogP contribution in [0, 0.1) is 18.7 Å². The third-order valence-corrected chi connectivity index (χ3v) is 4.23. The monoisotopic (exact) mass is 348 g/mol. The molecule has 2 heterocycles. The Balaban J connectivity index is 2.32. The zero-order chi connectivity index (χ0) is 18.3. The summed E-state index contributed by atoms with van der Waals surface area (Å²) in [5.74, 6) is -0.419. The number of aromatic amines is 2. The zero-order valence-electron chi connectivity index (χ0n) is 14.1. The summed E-state index contributed by atoms with van der Waals surface area (Å²) in [7, 11) is 0. The fourth-order valence-corrected chi connectivity index (χ4v) is 3.04. The average molecular weight is 348 g/mol. The Morgan fingerprint density at radius 1 is 1.24 bits per heavy atom. The van der Waals surface area contributed by atoms with Gasteiger partial charge >= 0.3 is 5.69 Å². The van der Waals surface area contributed by atoms with Crippen molar-refractivity contribution in [1.29, 1.82) is 0 Å². The van der Waals surface area contributed by atoms with E-state index in [1.807, 2.05) is 13.8 Å². The van der Waals surface area contributed by atoms with Crippen molar-refractivity contribution in [3.8, 4) is 0 Å². The summed E-state index contributed by atoms with van der Waals surface area (Å²) in [6, 6.07) is 4.33. The largest absolute Gasteiger partial charge is 0.327 e. The smallest absolute Gasteiger partial charge is 0.291 e. The van der Waals surface area contributed by atoms with Crippen molar-refractivity contribution in [1.82, 2.24) is 19.7 Å². The second-order valence-electron chi connectivity index (χ2n) is 6.35. The zero-order valence-corrected chi connectivity index (χ0v) is 14.1. The van der Waals surface area contributed by atoms with Crippen molar-refractivity contribution in [3.05, 3.63) is 61.7 Å². The first-order valence-corrected chi connectivity index (χ1v) is 7.89. The van der Waals surface area contributed by atoms with Crippen LogP contribution in [0.15, 0.2) is 27.8 Å². The molecular weight excluding hydrogens is 330 g/mol. The van der Waals surface area contributed by atoms with E-state index in [-0.39, 0.29) is 28.5 Å². The van der Waals surface area contributed by atoms with E-state index in [0.29, 0.717) is 11.1 Å². The quantitative estimate of drug-likeness (QED) is 0.760. The minimum absolute atomic E-state index is 0.000309. The number of alkyl halides is 1. The fourth-order valence-electron chi connectivity index (χ4n) is 3.04. The van der Waals surface area contributed by atoms with Crippen molar-refractivity contribution >= 4 is 11.0 Å². The Labute approximate surface area is 141 Å². The molecule has 0 bridgehead atoms. The van der Waals surface area contributed by atoms with Gasteiger partial charge in [-0.2, -0.15) is 5.10 Å². The molecule has 1 unspecified atom stereocenters. The van der Waals surface area contributed by atoms with Gasteiger partial charge in [-0.1, -0.05) is 26.0 Å². The number of H-pyrrole nitrogens is 2. The maximum Gasteiger partial charge on any atom is 0.327 e. The Hall–Kier alpha value is -2.77. The molecule has 0 aliphatic rings. The summed E-state index contributed by atoms with van der Waals surface area (Å²) >= 11 is 0. The molecule has 1 aromatic carbocycles. The Morgan fingerprint density at radius 2 is 1.96 bits per heavy atom. The summed E-state index contributed by atoms with van der Waals surface area (Å²) < 4.78 is 28.8. The van der Waals surface area contributed by atoms with Crippen molar-refractivity contribution < 1.29 is 8.78 Å². The first-order chi connectivity index (χ1) is 11.8. The summed E-state index contributed by atoms with van der Waals surface area (Å²) in [6.45, 7) is 4.50. The molecule has 0 saturated carbocycles. The number of aryl methyl sites for hydroxylation is 1. The lowest BCUT2D eigenvalue weighted by atomic mass is 9.95. The molecule has 132 valence electrons. The SMILES string of the molecule is Cc1ccc(C(C(C)C)n2nc(CF)c3c(=O)[nH]c(=O)[nH]c32)cc1F. The molecule has 8 heteroatoms. The molecule has 1 atom stereocenters. The highest BCUT2D eigenvalue weighted by Gasteiger charge is 2.25. The highest BCUT2D eigenvalue weighted by molar-refractivity contribution is 5.77. The molecule has 0 fully saturated rings. The maximum absolute atomic E-state index is 14.0. The predicted molar refractivity (Wildman–Crippen MR) is 89.9 cm³/mol. The van der Waals surface area contributed by atoms with Crippen LogP contribution in [-0.2, 0) is 6.67 Å². The van der Waals surface area contributed by atoms with E-state index < -0.39 is 24.0 Å². The first-order valence-electron chi connectivity index (χ1n) is 7.89. The average Bonchev–Trinajstić information content (AvgIpc) is 2.89. The van der Waals surface area contributed by atoms with E-state index in [1.54, 1.807) is 19.1 Å². The maximum atomic E-state index is 14.0. The van der Waals surface area contributed by atoms with Gasteiger partial charge in [0.15, 0.2) is 0 Å². The van der Waals surface area contributed by atoms with Gasteiger partial charge in [0.2, 0.25) is 0 Å². The second-order valence-corrected chi connectivity index (χ2v) is 6.35. The summed E-state index contributed by atoms with van der Waals surface area (Å²) in [6.07, 6.45) is 0. The summed E-state index contributed by atoms with van der Waals surface area (Å²) in [5.41, 5.74) is -0.219. The molecule has 0 saturated heterocycles. The van der Waals surface area contributed by atoms with Gasteiger partial charge in [0, 0.05) is 0 Å². The van der Waals surface area contributed by atoms with E-state index in [9.17, 15) is 18.4 Å². The molecule has 25 heavy (non-hydrogen) atoms. The molecular formula is C17H18F2N4O2. The Kier molecular flexibility index (Phi) is 4.28. The molecule has 0 spiro atoms. The lowest BCUT2D eigenvalue weighted by Crippen LogP contribution is -2.24. The van der Waals surface area contributed by atoms with Gasteiger partial charge < -0.3 is 0 Å². The van der Waals surface area contributed by atoms with E-state index in [4.69, 9.17) is 0 Å². The number of fused-ring (bicyclic) bond motifs is 1. The number of hydrogen-bond donors (Lipinski definition) is 2. The number of halogens is 2. The van der Waals surface area contributed by atoms with Gasteiger partial charge in [-0.25, -0.2) is 18.3 Å². The normalized spacial score (nSPS) is 12.9. The van der Waals surface area contributed by atoms with E-state index in [0.717, 1.165) is 0 Å². The predicted octanol–water partition coefficient (Wildman–Crippen LogP) is 2.58.